The molecule has 1 nitrogen and oxygen atoms in total. The molecule has 0 fully saturated rings. The first kappa shape index (κ1) is 19.2. The monoisotopic (exact) mass is 344 g/mol. The maximum atomic E-state index is 5.99. The number of hydrogen-bond donors (Lipinski definition) is 0. The fraction of sp³-hybridized carbons (Fsp3) is 0.545. The number of benzene rings is 2. The van der Waals surface area contributed by atoms with Gasteiger partial charge in [0.15, 0.2) is 0 Å². The van der Waals surface area contributed by atoms with Gasteiger partial charge in [0, 0.05) is 10.3 Å². The van der Waals surface area contributed by atoms with Crippen LogP contribution in [0, 0.1) is 11.8 Å². The molecule has 0 heterocycles. The Morgan fingerprint density at radius 2 is 1.71 bits per heavy atom. The zero-order valence-electron chi connectivity index (χ0n) is 15.7. The van der Waals surface area contributed by atoms with E-state index in [0.29, 0.717) is 0 Å². The summed E-state index contributed by atoms with van der Waals surface area (Å²) < 4.78 is 5.99. The van der Waals surface area contributed by atoms with E-state index in [9.17, 15) is 0 Å². The van der Waals surface area contributed by atoms with Crippen LogP contribution < -0.4 is 4.74 Å². The summed E-state index contributed by atoms with van der Waals surface area (Å²) in [4.78, 5) is 1.38. The van der Waals surface area contributed by atoms with Gasteiger partial charge < -0.3 is 4.74 Å². The quantitative estimate of drug-likeness (QED) is 0.333. The number of rotatable bonds is 10. The highest BCUT2D eigenvalue weighted by Crippen LogP contribution is 2.34. The molecular formula is C22H32OS. The second-order valence-electron chi connectivity index (χ2n) is 7.02. The first-order chi connectivity index (χ1) is 11.6. The zero-order chi connectivity index (χ0) is 17.4. The van der Waals surface area contributed by atoms with E-state index in [0.717, 1.165) is 30.6 Å². The van der Waals surface area contributed by atoms with Gasteiger partial charge in [-0.25, -0.2) is 0 Å². The molecule has 0 aliphatic rings. The fourth-order valence-electron chi connectivity index (χ4n) is 2.74. The molecule has 0 aliphatic heterocycles. The van der Waals surface area contributed by atoms with Crippen molar-refractivity contribution in [2.24, 2.45) is 11.8 Å². The summed E-state index contributed by atoms with van der Waals surface area (Å²) in [6.45, 7) is 10.0. The number of thioether (sulfide) groups is 1. The molecule has 0 N–H and O–H groups in total. The van der Waals surface area contributed by atoms with Crippen LogP contribution in [-0.4, -0.2) is 12.4 Å². The molecule has 0 saturated heterocycles. The highest BCUT2D eigenvalue weighted by atomic mass is 32.2. The summed E-state index contributed by atoms with van der Waals surface area (Å²) in [5.74, 6) is 3.82. The van der Waals surface area contributed by atoms with Crippen molar-refractivity contribution in [3.05, 3.63) is 36.4 Å². The van der Waals surface area contributed by atoms with Crippen molar-refractivity contribution < 1.29 is 4.74 Å². The van der Waals surface area contributed by atoms with Crippen LogP contribution in [0.1, 0.15) is 53.4 Å². The third-order valence-corrected chi connectivity index (χ3v) is 5.96. The van der Waals surface area contributed by atoms with Crippen LogP contribution >= 0.6 is 11.8 Å². The predicted octanol–water partition coefficient (Wildman–Crippen LogP) is 7.18. The molecule has 1 atom stereocenters. The average molecular weight is 345 g/mol. The maximum absolute atomic E-state index is 5.99. The van der Waals surface area contributed by atoms with Crippen molar-refractivity contribution in [2.75, 3.05) is 12.4 Å². The molecule has 24 heavy (non-hydrogen) atoms. The van der Waals surface area contributed by atoms with Gasteiger partial charge in [-0.15, -0.1) is 11.8 Å². The van der Waals surface area contributed by atoms with Crippen molar-refractivity contribution in [1.82, 2.24) is 0 Å². The molecular weight excluding hydrogens is 312 g/mol. The molecule has 2 aromatic rings. The number of hydrogen-bond acceptors (Lipinski definition) is 2. The number of unbranched alkanes of at least 4 members (excludes halogenated alkanes) is 1. The fourth-order valence-corrected chi connectivity index (χ4v) is 3.77. The molecule has 0 aromatic heterocycles. The lowest BCUT2D eigenvalue weighted by Crippen LogP contribution is -2.03. The van der Waals surface area contributed by atoms with E-state index in [1.165, 1.54) is 40.7 Å². The Balaban J connectivity index is 2.02. The lowest BCUT2D eigenvalue weighted by Gasteiger charge is -2.15. The van der Waals surface area contributed by atoms with Crippen molar-refractivity contribution in [3.63, 3.8) is 0 Å². The van der Waals surface area contributed by atoms with Gasteiger partial charge in [0.05, 0.1) is 6.61 Å². The third-order valence-electron chi connectivity index (χ3n) is 4.80. The van der Waals surface area contributed by atoms with Gasteiger partial charge in [-0.1, -0.05) is 58.4 Å². The summed E-state index contributed by atoms with van der Waals surface area (Å²) in [5.41, 5.74) is 0. The van der Waals surface area contributed by atoms with E-state index in [1.54, 1.807) is 0 Å². The molecule has 1 unspecified atom stereocenters. The first-order valence-corrected chi connectivity index (χ1v) is 10.4. The van der Waals surface area contributed by atoms with Gasteiger partial charge in [-0.05, 0) is 54.4 Å². The van der Waals surface area contributed by atoms with Gasteiger partial charge in [0.2, 0.25) is 0 Å². The predicted molar refractivity (Wildman–Crippen MR) is 108 cm³/mol. The molecule has 2 aromatic carbocycles. The first-order valence-electron chi connectivity index (χ1n) is 9.40. The van der Waals surface area contributed by atoms with E-state index in [1.807, 2.05) is 11.8 Å². The lowest BCUT2D eigenvalue weighted by molar-refractivity contribution is 0.313. The topological polar surface area (TPSA) is 9.23 Å². The SMILES string of the molecule is CCCCOc1ccc(SCCCC(C)C(C)C)c2ccccc12. The van der Waals surface area contributed by atoms with Crippen molar-refractivity contribution in [2.45, 2.75) is 58.3 Å². The van der Waals surface area contributed by atoms with Crippen LogP contribution in [0.2, 0.25) is 0 Å². The van der Waals surface area contributed by atoms with Gasteiger partial charge in [0.1, 0.15) is 5.75 Å². The summed E-state index contributed by atoms with van der Waals surface area (Å²) in [7, 11) is 0. The van der Waals surface area contributed by atoms with E-state index in [-0.39, 0.29) is 0 Å². The zero-order valence-corrected chi connectivity index (χ0v) is 16.5. The Morgan fingerprint density at radius 3 is 2.42 bits per heavy atom. The highest BCUT2D eigenvalue weighted by molar-refractivity contribution is 7.99. The third kappa shape index (κ3) is 5.44. The van der Waals surface area contributed by atoms with Crippen LogP contribution in [-0.2, 0) is 0 Å². The normalized spacial score (nSPS) is 12.7. The van der Waals surface area contributed by atoms with Crippen molar-refractivity contribution in [1.29, 1.82) is 0 Å². The van der Waals surface area contributed by atoms with E-state index >= 15 is 0 Å². The molecule has 0 amide bonds. The van der Waals surface area contributed by atoms with Crippen molar-refractivity contribution in [3.8, 4) is 5.75 Å². The average Bonchev–Trinajstić information content (AvgIpc) is 2.59. The molecule has 2 heteroatoms. The molecule has 0 spiro atoms. The Morgan fingerprint density at radius 1 is 0.958 bits per heavy atom. The molecule has 132 valence electrons. The Hall–Kier alpha value is -1.15. The molecule has 0 bridgehead atoms. The van der Waals surface area contributed by atoms with Crippen molar-refractivity contribution >= 4 is 22.5 Å². The number of ether oxygens (including phenoxy) is 1. The lowest BCUT2D eigenvalue weighted by atomic mass is 9.94. The van der Waals surface area contributed by atoms with Gasteiger partial charge in [-0.2, -0.15) is 0 Å². The minimum Gasteiger partial charge on any atom is -0.493 e. The minimum atomic E-state index is 0.787. The maximum Gasteiger partial charge on any atom is 0.127 e. The smallest absolute Gasteiger partial charge is 0.127 e. The largest absolute Gasteiger partial charge is 0.493 e. The second kappa shape index (κ2) is 9.98. The Labute approximate surface area is 152 Å². The Bertz CT molecular complexity index is 620. The Kier molecular flexibility index (Phi) is 7.98. The minimum absolute atomic E-state index is 0.787. The summed E-state index contributed by atoms with van der Waals surface area (Å²) >= 11 is 1.99. The van der Waals surface area contributed by atoms with Gasteiger partial charge >= 0.3 is 0 Å². The standard InChI is InChI=1S/C22H32OS/c1-5-6-15-23-21-13-14-22(20-12-8-7-11-19(20)21)24-16-9-10-18(4)17(2)3/h7-8,11-14,17-18H,5-6,9-10,15-16H2,1-4H3. The van der Waals surface area contributed by atoms with Crippen LogP contribution in [0.3, 0.4) is 0 Å². The summed E-state index contributed by atoms with van der Waals surface area (Å²) in [5, 5.41) is 2.57. The van der Waals surface area contributed by atoms with Crippen LogP contribution in [0.25, 0.3) is 10.8 Å². The van der Waals surface area contributed by atoms with E-state index < -0.39 is 0 Å². The van der Waals surface area contributed by atoms with Crippen LogP contribution in [0.15, 0.2) is 41.3 Å². The van der Waals surface area contributed by atoms with Crippen LogP contribution in [0.4, 0.5) is 0 Å². The number of fused-ring (bicyclic) bond motifs is 1. The molecule has 2 rings (SSSR count). The van der Waals surface area contributed by atoms with E-state index in [2.05, 4.69) is 64.1 Å². The molecule has 0 saturated carbocycles. The van der Waals surface area contributed by atoms with Gasteiger partial charge in [-0.3, -0.25) is 0 Å². The second-order valence-corrected chi connectivity index (χ2v) is 8.16. The van der Waals surface area contributed by atoms with Gasteiger partial charge in [0.25, 0.3) is 0 Å². The summed E-state index contributed by atoms with van der Waals surface area (Å²) in [6.07, 6.45) is 4.88. The highest BCUT2D eigenvalue weighted by Gasteiger charge is 2.09. The van der Waals surface area contributed by atoms with Crippen LogP contribution in [0.5, 0.6) is 5.75 Å². The molecule has 0 aliphatic carbocycles. The van der Waals surface area contributed by atoms with E-state index in [4.69, 9.17) is 4.74 Å². The molecule has 0 radical (unpaired) electrons. The summed E-state index contributed by atoms with van der Waals surface area (Å²) in [6, 6.07) is 13.0.